The molecule has 0 atom stereocenters. The molecule has 3 heterocycles. The van der Waals surface area contributed by atoms with E-state index in [4.69, 9.17) is 4.42 Å². The van der Waals surface area contributed by atoms with Gasteiger partial charge in [-0.2, -0.15) is 0 Å². The molecular formula is C18H13N3O7. The van der Waals surface area contributed by atoms with Gasteiger partial charge in [0.05, 0.1) is 16.5 Å². The second-order valence-corrected chi connectivity index (χ2v) is 6.51. The Labute approximate surface area is 155 Å². The Bertz CT molecular complexity index is 1330. The number of nitrogens with zero attached hydrogens (tertiary/aromatic N) is 3. The van der Waals surface area contributed by atoms with Gasteiger partial charge in [0.2, 0.25) is 0 Å². The van der Waals surface area contributed by atoms with E-state index in [1.54, 1.807) is 12.1 Å². The van der Waals surface area contributed by atoms with E-state index in [2.05, 4.69) is 9.97 Å². The first-order valence-electron chi connectivity index (χ1n) is 8.18. The quantitative estimate of drug-likeness (QED) is 0.482. The van der Waals surface area contributed by atoms with Crippen molar-refractivity contribution >= 4 is 50.9 Å². The normalized spacial score (nSPS) is 11.7. The van der Waals surface area contributed by atoms with Crippen LogP contribution in [0.15, 0.2) is 22.7 Å². The highest BCUT2D eigenvalue weighted by atomic mass is 16.4. The van der Waals surface area contributed by atoms with Crippen LogP contribution in [0.25, 0.3) is 32.9 Å². The van der Waals surface area contributed by atoms with E-state index in [-0.39, 0.29) is 39.0 Å². The van der Waals surface area contributed by atoms with E-state index in [0.29, 0.717) is 11.1 Å². The molecule has 0 radical (unpaired) electrons. The summed E-state index contributed by atoms with van der Waals surface area (Å²) in [4.78, 5) is 43.3. The molecule has 0 fully saturated rings. The summed E-state index contributed by atoms with van der Waals surface area (Å²) < 4.78 is 6.08. The lowest BCUT2D eigenvalue weighted by Gasteiger charge is -2.08. The van der Waals surface area contributed by atoms with Gasteiger partial charge < -0.3 is 19.7 Å². The average Bonchev–Trinajstić information content (AvgIpc) is 3.23. The van der Waals surface area contributed by atoms with Crippen LogP contribution < -0.4 is 0 Å². The molecule has 0 unspecified atom stereocenters. The van der Waals surface area contributed by atoms with Crippen LogP contribution in [0.4, 0.5) is 4.79 Å². The minimum Gasteiger partial charge on any atom is -0.478 e. The monoisotopic (exact) mass is 383 g/mol. The molecule has 0 aliphatic carbocycles. The number of fused-ring (bicyclic) bond motifs is 6. The van der Waals surface area contributed by atoms with Crippen LogP contribution >= 0.6 is 0 Å². The van der Waals surface area contributed by atoms with Crippen molar-refractivity contribution in [3.05, 3.63) is 35.5 Å². The van der Waals surface area contributed by atoms with Crippen molar-refractivity contribution in [3.63, 3.8) is 0 Å². The number of oxazole rings is 1. The Hall–Kier alpha value is -3.95. The zero-order chi connectivity index (χ0) is 20.3. The minimum atomic E-state index is -1.44. The SMILES string of the molecule is CC(C)c1ccc2c(n1)c1nc(C(=O)O)oc1c1c(C(=O)O)cn(C(=O)O)c21. The van der Waals surface area contributed by atoms with Crippen molar-refractivity contribution in [1.82, 2.24) is 14.5 Å². The molecule has 3 aromatic heterocycles. The van der Waals surface area contributed by atoms with Crippen molar-refractivity contribution in [2.75, 3.05) is 0 Å². The third-order valence-electron chi connectivity index (χ3n) is 4.47. The predicted octanol–water partition coefficient (Wildman–Crippen LogP) is 3.38. The van der Waals surface area contributed by atoms with Crippen LogP contribution in [0.5, 0.6) is 0 Å². The molecule has 0 saturated heterocycles. The highest BCUT2D eigenvalue weighted by molar-refractivity contribution is 6.26. The molecule has 10 heteroatoms. The number of carbonyl (C=O) groups is 3. The maximum atomic E-state index is 11.7. The number of hydrogen-bond donors (Lipinski definition) is 3. The summed E-state index contributed by atoms with van der Waals surface area (Å²) >= 11 is 0. The van der Waals surface area contributed by atoms with Crippen molar-refractivity contribution in [3.8, 4) is 0 Å². The predicted molar refractivity (Wildman–Crippen MR) is 96.2 cm³/mol. The summed E-state index contributed by atoms with van der Waals surface area (Å²) in [5.74, 6) is -3.42. The summed E-state index contributed by atoms with van der Waals surface area (Å²) in [5, 5.41) is 28.6. The Morgan fingerprint density at radius 1 is 1.04 bits per heavy atom. The van der Waals surface area contributed by atoms with Gasteiger partial charge in [-0.25, -0.2) is 19.4 Å². The lowest BCUT2D eigenvalue weighted by Crippen LogP contribution is -2.06. The van der Waals surface area contributed by atoms with Crippen LogP contribution in [0, 0.1) is 0 Å². The summed E-state index contributed by atoms with van der Waals surface area (Å²) in [6.45, 7) is 3.83. The number of rotatable bonds is 3. The molecule has 10 nitrogen and oxygen atoms in total. The molecule has 0 aliphatic heterocycles. The van der Waals surface area contributed by atoms with Gasteiger partial charge in [0.25, 0.3) is 0 Å². The van der Waals surface area contributed by atoms with Gasteiger partial charge in [0.15, 0.2) is 5.58 Å². The molecule has 4 rings (SSSR count). The van der Waals surface area contributed by atoms with E-state index in [1.165, 1.54) is 0 Å². The molecule has 0 bridgehead atoms. The van der Waals surface area contributed by atoms with E-state index >= 15 is 0 Å². The van der Waals surface area contributed by atoms with Crippen LogP contribution in [-0.4, -0.2) is 47.9 Å². The number of aromatic carboxylic acids is 2. The molecule has 4 aromatic rings. The molecule has 3 N–H and O–H groups in total. The van der Waals surface area contributed by atoms with Gasteiger partial charge >= 0.3 is 23.9 Å². The molecule has 1 aromatic carbocycles. The summed E-state index contributed by atoms with van der Waals surface area (Å²) in [7, 11) is 0. The standard InChI is InChI=1S/C18H13N3O7/c1-6(2)9-4-3-7-11(19-9)12-14(28-15(20-12)17(24)25)10-8(16(22)23)5-21(13(7)10)18(26)27/h3-6H,1-2H3,(H,22,23)(H,24,25)(H,26,27). The van der Waals surface area contributed by atoms with Crippen molar-refractivity contribution in [2.45, 2.75) is 19.8 Å². The van der Waals surface area contributed by atoms with Crippen LogP contribution in [0.3, 0.4) is 0 Å². The smallest absolute Gasteiger partial charge is 0.416 e. The zero-order valence-electron chi connectivity index (χ0n) is 14.6. The minimum absolute atomic E-state index is 0.0434. The van der Waals surface area contributed by atoms with E-state index in [1.807, 2.05) is 13.8 Å². The Morgan fingerprint density at radius 3 is 2.32 bits per heavy atom. The first kappa shape index (κ1) is 17.5. The molecule has 0 amide bonds. The van der Waals surface area contributed by atoms with E-state index < -0.39 is 23.9 Å². The highest BCUT2D eigenvalue weighted by Gasteiger charge is 2.27. The largest absolute Gasteiger partial charge is 0.478 e. The number of carboxylic acids is 2. The molecule has 0 spiro atoms. The van der Waals surface area contributed by atoms with Crippen LogP contribution in [-0.2, 0) is 0 Å². The number of hydrogen-bond acceptors (Lipinski definition) is 6. The molecule has 28 heavy (non-hydrogen) atoms. The average molecular weight is 383 g/mol. The van der Waals surface area contributed by atoms with E-state index in [0.717, 1.165) is 10.8 Å². The number of benzene rings is 1. The van der Waals surface area contributed by atoms with Crippen molar-refractivity contribution in [1.29, 1.82) is 0 Å². The van der Waals surface area contributed by atoms with Gasteiger partial charge in [-0.05, 0) is 18.1 Å². The fourth-order valence-corrected chi connectivity index (χ4v) is 3.22. The van der Waals surface area contributed by atoms with Gasteiger partial charge in [0.1, 0.15) is 11.0 Å². The lowest BCUT2D eigenvalue weighted by atomic mass is 10.0. The zero-order valence-corrected chi connectivity index (χ0v) is 14.6. The highest BCUT2D eigenvalue weighted by Crippen LogP contribution is 2.38. The van der Waals surface area contributed by atoms with Crippen LogP contribution in [0.1, 0.15) is 46.5 Å². The lowest BCUT2D eigenvalue weighted by molar-refractivity contribution is 0.0654. The molecule has 0 saturated carbocycles. The van der Waals surface area contributed by atoms with Crippen molar-refractivity contribution < 1.29 is 34.1 Å². The Kier molecular flexibility index (Phi) is 3.60. The fourth-order valence-electron chi connectivity index (χ4n) is 3.22. The fraction of sp³-hybridized carbons (Fsp3) is 0.167. The summed E-state index contributed by atoms with van der Waals surface area (Å²) in [6.07, 6.45) is -0.447. The van der Waals surface area contributed by atoms with Gasteiger partial charge in [-0.3, -0.25) is 9.55 Å². The Morgan fingerprint density at radius 2 is 1.75 bits per heavy atom. The van der Waals surface area contributed by atoms with Gasteiger partial charge in [-0.15, -0.1) is 0 Å². The number of aromatic nitrogens is 3. The maximum absolute atomic E-state index is 11.7. The topological polar surface area (TPSA) is 156 Å². The first-order chi connectivity index (χ1) is 13.2. The number of carboxylic acid groups (broad SMARTS) is 3. The third kappa shape index (κ3) is 2.31. The molecule has 0 aliphatic rings. The Balaban J connectivity index is 2.34. The summed E-state index contributed by atoms with van der Waals surface area (Å²) in [6, 6.07) is 3.33. The number of pyridine rings is 1. The first-order valence-corrected chi connectivity index (χ1v) is 8.18. The third-order valence-corrected chi connectivity index (χ3v) is 4.47. The van der Waals surface area contributed by atoms with Crippen molar-refractivity contribution in [2.24, 2.45) is 0 Å². The maximum Gasteiger partial charge on any atom is 0.416 e. The molecular weight excluding hydrogens is 370 g/mol. The second-order valence-electron chi connectivity index (χ2n) is 6.51. The van der Waals surface area contributed by atoms with Gasteiger partial charge in [-0.1, -0.05) is 13.8 Å². The van der Waals surface area contributed by atoms with Crippen LogP contribution in [0.2, 0.25) is 0 Å². The summed E-state index contributed by atoms with van der Waals surface area (Å²) in [5.41, 5.74) is 0.551. The second kappa shape index (κ2) is 5.78. The van der Waals surface area contributed by atoms with E-state index in [9.17, 15) is 29.7 Å². The molecule has 142 valence electrons. The van der Waals surface area contributed by atoms with Gasteiger partial charge in [0, 0.05) is 17.3 Å².